The highest BCUT2D eigenvalue weighted by atomic mass is 16.7. The van der Waals surface area contributed by atoms with Crippen LogP contribution in [0.4, 0.5) is 0 Å². The van der Waals surface area contributed by atoms with E-state index in [4.69, 9.17) is 14.3 Å². The minimum atomic E-state index is -1.32. The van der Waals surface area contributed by atoms with Gasteiger partial charge >= 0.3 is 11.9 Å². The predicted molar refractivity (Wildman–Crippen MR) is 140 cm³/mol. The summed E-state index contributed by atoms with van der Waals surface area (Å²) in [7, 11) is 0. The van der Waals surface area contributed by atoms with Gasteiger partial charge in [-0.05, 0) is 39.1 Å². The van der Waals surface area contributed by atoms with E-state index in [9.17, 15) is 14.4 Å². The van der Waals surface area contributed by atoms with E-state index >= 15 is 0 Å². The zero-order valence-electron chi connectivity index (χ0n) is 22.2. The first-order valence-corrected chi connectivity index (χ1v) is 12.4. The van der Waals surface area contributed by atoms with Gasteiger partial charge in [-0.25, -0.2) is 4.79 Å². The quantitative estimate of drug-likeness (QED) is 0.400. The van der Waals surface area contributed by atoms with Gasteiger partial charge in [-0.1, -0.05) is 49.3 Å². The van der Waals surface area contributed by atoms with Crippen molar-refractivity contribution >= 4 is 34.3 Å². The Labute approximate surface area is 217 Å². The van der Waals surface area contributed by atoms with Crippen LogP contribution in [0.25, 0.3) is 10.8 Å². The van der Waals surface area contributed by atoms with Crippen molar-refractivity contribution in [3.05, 3.63) is 54.4 Å². The number of aromatic nitrogens is 1. The zero-order chi connectivity index (χ0) is 27.2. The molecule has 1 N–H and O–H groups in total. The molecule has 3 rings (SSSR count). The Morgan fingerprint density at radius 1 is 1.19 bits per heavy atom. The minimum absolute atomic E-state index is 0.175. The average Bonchev–Trinajstić information content (AvgIpc) is 3.28. The molecule has 0 saturated heterocycles. The highest BCUT2D eigenvalue weighted by Crippen LogP contribution is 2.35. The highest BCUT2D eigenvalue weighted by molar-refractivity contribution is 6.11. The third-order valence-corrected chi connectivity index (χ3v) is 5.89. The number of esters is 2. The van der Waals surface area contributed by atoms with E-state index in [1.165, 1.54) is 12.2 Å². The number of hydrogen-bond donors (Lipinski definition) is 1. The van der Waals surface area contributed by atoms with Crippen molar-refractivity contribution in [3.63, 3.8) is 0 Å². The Morgan fingerprint density at radius 2 is 1.92 bits per heavy atom. The van der Waals surface area contributed by atoms with Gasteiger partial charge in [0, 0.05) is 30.0 Å². The molecule has 9 heteroatoms. The van der Waals surface area contributed by atoms with E-state index in [-0.39, 0.29) is 25.4 Å². The summed E-state index contributed by atoms with van der Waals surface area (Å²) in [5, 5.41) is 9.04. The summed E-state index contributed by atoms with van der Waals surface area (Å²) in [4.78, 5) is 48.4. The van der Waals surface area contributed by atoms with Crippen molar-refractivity contribution < 1.29 is 28.7 Å². The van der Waals surface area contributed by atoms with Crippen molar-refractivity contribution in [3.8, 4) is 0 Å². The minimum Gasteiger partial charge on any atom is -0.463 e. The summed E-state index contributed by atoms with van der Waals surface area (Å²) in [5.74, 6) is -1.81. The number of amides is 1. The van der Waals surface area contributed by atoms with Gasteiger partial charge in [0.05, 0.1) is 24.8 Å². The molecule has 1 aromatic carbocycles. The standard InChI is InChI=1S/C28H35N3O6/c1-7-35-23(32)13-12-20(16-24(33)36-27(4,5)6)30-26(34)28(18(2)3)17-22(31-37-28)25-21-11-9-8-10-19(21)14-15-29-25/h8-15,18,20H,7,16-17H2,1-6H3,(H,30,34)/b13-12+/t20-,28-/m1/s1. The van der Waals surface area contributed by atoms with Crippen LogP contribution >= 0.6 is 0 Å². The Bertz CT molecular complexity index is 1210. The summed E-state index contributed by atoms with van der Waals surface area (Å²) in [6.07, 6.45) is 4.34. The number of carbonyl (C=O) groups is 3. The van der Waals surface area contributed by atoms with Crippen LogP contribution in [-0.2, 0) is 28.7 Å². The fraction of sp³-hybridized carbons (Fsp3) is 0.464. The van der Waals surface area contributed by atoms with E-state index < -0.39 is 35.1 Å². The Balaban J connectivity index is 1.84. The van der Waals surface area contributed by atoms with Crippen molar-refractivity contribution in [2.75, 3.05) is 6.61 Å². The molecule has 1 amide bonds. The van der Waals surface area contributed by atoms with Gasteiger partial charge in [0.1, 0.15) is 11.3 Å². The zero-order valence-corrected chi connectivity index (χ0v) is 22.2. The van der Waals surface area contributed by atoms with Crippen LogP contribution in [0.15, 0.2) is 53.8 Å². The van der Waals surface area contributed by atoms with Gasteiger partial charge in [0.2, 0.25) is 5.60 Å². The lowest BCUT2D eigenvalue weighted by atomic mass is 9.83. The summed E-state index contributed by atoms with van der Waals surface area (Å²) in [5.41, 5.74) is -0.802. The number of oxime groups is 1. The lowest BCUT2D eigenvalue weighted by Gasteiger charge is -2.31. The van der Waals surface area contributed by atoms with Gasteiger partial charge in [-0.2, -0.15) is 0 Å². The SMILES string of the molecule is CCOC(=O)/C=C/[C@H](CC(=O)OC(C)(C)C)NC(=O)[C@]1(C(C)C)CC(c2nccc3ccccc23)=NO1. The molecule has 0 fully saturated rings. The van der Waals surface area contributed by atoms with Crippen molar-refractivity contribution in [1.82, 2.24) is 10.3 Å². The van der Waals surface area contributed by atoms with Gasteiger partial charge in [-0.3, -0.25) is 14.6 Å². The summed E-state index contributed by atoms with van der Waals surface area (Å²) in [6, 6.07) is 8.88. The Hall–Kier alpha value is -3.75. The second-order valence-electron chi connectivity index (χ2n) is 10.2. The van der Waals surface area contributed by atoms with Crippen LogP contribution in [0, 0.1) is 5.92 Å². The summed E-state index contributed by atoms with van der Waals surface area (Å²) < 4.78 is 10.3. The van der Waals surface area contributed by atoms with Gasteiger partial charge in [0.25, 0.3) is 5.91 Å². The molecule has 0 spiro atoms. The van der Waals surface area contributed by atoms with Crippen molar-refractivity contribution in [2.24, 2.45) is 11.1 Å². The smallest absolute Gasteiger partial charge is 0.330 e. The average molecular weight is 510 g/mol. The number of ether oxygens (including phenoxy) is 2. The fourth-order valence-electron chi connectivity index (χ4n) is 4.03. The molecule has 1 aliphatic heterocycles. The van der Waals surface area contributed by atoms with Crippen LogP contribution in [-0.4, -0.2) is 52.4 Å². The van der Waals surface area contributed by atoms with E-state index in [1.807, 2.05) is 44.2 Å². The van der Waals surface area contributed by atoms with Crippen LogP contribution in [0.1, 0.15) is 60.1 Å². The van der Waals surface area contributed by atoms with E-state index in [0.717, 1.165) is 10.8 Å². The molecular weight excluding hydrogens is 474 g/mol. The Morgan fingerprint density at radius 3 is 2.59 bits per heavy atom. The second-order valence-corrected chi connectivity index (χ2v) is 10.2. The molecule has 0 aliphatic carbocycles. The van der Waals surface area contributed by atoms with Crippen LogP contribution in [0.2, 0.25) is 0 Å². The largest absolute Gasteiger partial charge is 0.463 e. The third-order valence-electron chi connectivity index (χ3n) is 5.89. The first-order valence-electron chi connectivity index (χ1n) is 12.4. The van der Waals surface area contributed by atoms with Gasteiger partial charge in [-0.15, -0.1) is 0 Å². The summed E-state index contributed by atoms with van der Waals surface area (Å²) in [6.45, 7) is 10.9. The Kier molecular flexibility index (Phi) is 8.68. The normalized spacial score (nSPS) is 18.4. The van der Waals surface area contributed by atoms with Crippen LogP contribution in [0.5, 0.6) is 0 Å². The molecule has 9 nitrogen and oxygen atoms in total. The first kappa shape index (κ1) is 27.8. The number of fused-ring (bicyclic) bond motifs is 1. The number of benzene rings is 1. The van der Waals surface area contributed by atoms with Gasteiger partial charge in [0.15, 0.2) is 0 Å². The van der Waals surface area contributed by atoms with Crippen LogP contribution < -0.4 is 5.32 Å². The predicted octanol–water partition coefficient (Wildman–Crippen LogP) is 4.09. The van der Waals surface area contributed by atoms with Crippen LogP contribution in [0.3, 0.4) is 0 Å². The maximum atomic E-state index is 13.7. The maximum Gasteiger partial charge on any atom is 0.330 e. The lowest BCUT2D eigenvalue weighted by Crippen LogP contribution is -2.53. The summed E-state index contributed by atoms with van der Waals surface area (Å²) >= 11 is 0. The fourth-order valence-corrected chi connectivity index (χ4v) is 4.03. The molecule has 0 radical (unpaired) electrons. The number of nitrogens with zero attached hydrogens (tertiary/aromatic N) is 2. The van der Waals surface area contributed by atoms with E-state index in [0.29, 0.717) is 11.4 Å². The molecule has 2 heterocycles. The lowest BCUT2D eigenvalue weighted by molar-refractivity contribution is -0.156. The first-order chi connectivity index (χ1) is 17.4. The number of nitrogens with one attached hydrogen (secondary N) is 1. The molecule has 37 heavy (non-hydrogen) atoms. The molecule has 0 saturated carbocycles. The number of pyridine rings is 1. The van der Waals surface area contributed by atoms with Crippen molar-refractivity contribution in [1.29, 1.82) is 0 Å². The van der Waals surface area contributed by atoms with Gasteiger partial charge < -0.3 is 19.6 Å². The topological polar surface area (TPSA) is 116 Å². The molecule has 1 aliphatic rings. The molecule has 0 bridgehead atoms. The second kappa shape index (κ2) is 11.5. The highest BCUT2D eigenvalue weighted by Gasteiger charge is 2.50. The maximum absolute atomic E-state index is 13.7. The molecule has 2 aromatic rings. The van der Waals surface area contributed by atoms with E-state index in [2.05, 4.69) is 15.5 Å². The number of rotatable bonds is 9. The van der Waals surface area contributed by atoms with Crippen molar-refractivity contribution in [2.45, 2.75) is 71.6 Å². The molecular formula is C28H35N3O6. The third kappa shape index (κ3) is 6.93. The van der Waals surface area contributed by atoms with E-state index in [1.54, 1.807) is 33.9 Å². The molecule has 2 atom stereocenters. The molecule has 0 unspecified atom stereocenters. The number of carbonyl (C=O) groups excluding carboxylic acids is 3. The molecule has 1 aromatic heterocycles. The molecule has 198 valence electrons. The number of hydrogen-bond acceptors (Lipinski definition) is 8. The monoisotopic (exact) mass is 509 g/mol.